The minimum Gasteiger partial charge on any atom is -0.385 e. The molecule has 3 nitrogen and oxygen atoms in total. The summed E-state index contributed by atoms with van der Waals surface area (Å²) in [7, 11) is 0. The fourth-order valence-electron chi connectivity index (χ4n) is 0.843. The molecular formula is C8H13NO2S. The van der Waals surface area contributed by atoms with Crippen LogP contribution in [0.2, 0.25) is 0 Å². The molecule has 0 aliphatic carbocycles. The molecule has 68 valence electrons. The smallest absolute Gasteiger partial charge is 0.113 e. The van der Waals surface area contributed by atoms with E-state index in [9.17, 15) is 5.11 Å². The van der Waals surface area contributed by atoms with Crippen molar-refractivity contribution in [3.8, 4) is 0 Å². The van der Waals surface area contributed by atoms with Crippen LogP contribution in [0, 0.1) is 6.92 Å². The van der Waals surface area contributed by atoms with E-state index in [0.29, 0.717) is 13.2 Å². The number of thiazole rings is 1. The quantitative estimate of drug-likeness (QED) is 0.777. The Morgan fingerprint density at radius 2 is 2.50 bits per heavy atom. The molecule has 4 heteroatoms. The molecule has 0 radical (unpaired) electrons. The van der Waals surface area contributed by atoms with Crippen LogP contribution >= 0.6 is 11.3 Å². The highest BCUT2D eigenvalue weighted by molar-refractivity contribution is 7.11. The number of hydrogen-bond donors (Lipinski definition) is 1. The van der Waals surface area contributed by atoms with Gasteiger partial charge in [0.25, 0.3) is 0 Å². The van der Waals surface area contributed by atoms with Gasteiger partial charge >= 0.3 is 0 Å². The molecule has 1 unspecified atom stereocenters. The Kier molecular flexibility index (Phi) is 3.65. The fourth-order valence-corrected chi connectivity index (χ4v) is 1.60. The summed E-state index contributed by atoms with van der Waals surface area (Å²) in [6, 6.07) is 0. The SMILES string of the molecule is CCOCC(O)c1cnc(C)s1. The molecule has 0 amide bonds. The van der Waals surface area contributed by atoms with Gasteiger partial charge in [0, 0.05) is 12.8 Å². The molecule has 0 saturated carbocycles. The minimum atomic E-state index is -0.517. The largest absolute Gasteiger partial charge is 0.385 e. The lowest BCUT2D eigenvalue weighted by Gasteiger charge is -2.06. The van der Waals surface area contributed by atoms with Gasteiger partial charge in [-0.05, 0) is 13.8 Å². The third kappa shape index (κ3) is 2.55. The van der Waals surface area contributed by atoms with Crippen LogP contribution in [0.1, 0.15) is 22.9 Å². The summed E-state index contributed by atoms with van der Waals surface area (Å²) >= 11 is 1.51. The van der Waals surface area contributed by atoms with Crippen molar-refractivity contribution in [3.63, 3.8) is 0 Å². The Morgan fingerprint density at radius 1 is 1.75 bits per heavy atom. The maximum Gasteiger partial charge on any atom is 0.113 e. The number of hydrogen-bond acceptors (Lipinski definition) is 4. The Hall–Kier alpha value is -0.450. The van der Waals surface area contributed by atoms with Crippen LogP contribution in [0.3, 0.4) is 0 Å². The number of aryl methyl sites for hydroxylation is 1. The molecule has 1 rings (SSSR count). The standard InChI is InChI=1S/C8H13NO2S/c1-3-11-5-7(10)8-4-9-6(2)12-8/h4,7,10H,3,5H2,1-2H3. The predicted molar refractivity (Wildman–Crippen MR) is 48.3 cm³/mol. The summed E-state index contributed by atoms with van der Waals surface area (Å²) in [6.45, 7) is 4.82. The van der Waals surface area contributed by atoms with E-state index < -0.39 is 6.10 Å². The topological polar surface area (TPSA) is 42.4 Å². The molecule has 1 N–H and O–H groups in total. The van der Waals surface area contributed by atoms with Gasteiger partial charge in [-0.25, -0.2) is 4.98 Å². The van der Waals surface area contributed by atoms with E-state index in [-0.39, 0.29) is 0 Å². The van der Waals surface area contributed by atoms with E-state index in [2.05, 4.69) is 4.98 Å². The lowest BCUT2D eigenvalue weighted by atomic mass is 10.3. The average Bonchev–Trinajstić information content (AvgIpc) is 2.47. The van der Waals surface area contributed by atoms with Crippen molar-refractivity contribution in [2.24, 2.45) is 0 Å². The van der Waals surface area contributed by atoms with Crippen molar-refractivity contribution in [2.75, 3.05) is 13.2 Å². The van der Waals surface area contributed by atoms with Crippen LogP contribution in [0.5, 0.6) is 0 Å². The van der Waals surface area contributed by atoms with Crippen molar-refractivity contribution in [2.45, 2.75) is 20.0 Å². The van der Waals surface area contributed by atoms with Crippen molar-refractivity contribution in [1.29, 1.82) is 0 Å². The second-order valence-electron chi connectivity index (χ2n) is 2.46. The van der Waals surface area contributed by atoms with Gasteiger partial charge in [0.2, 0.25) is 0 Å². The third-order valence-corrected chi connectivity index (χ3v) is 2.46. The molecule has 1 atom stereocenters. The monoisotopic (exact) mass is 187 g/mol. The zero-order chi connectivity index (χ0) is 8.97. The highest BCUT2D eigenvalue weighted by atomic mass is 32.1. The van der Waals surface area contributed by atoms with Crippen molar-refractivity contribution in [1.82, 2.24) is 4.98 Å². The van der Waals surface area contributed by atoms with Crippen molar-refractivity contribution in [3.05, 3.63) is 16.1 Å². The molecule has 0 aliphatic rings. The molecule has 12 heavy (non-hydrogen) atoms. The van der Waals surface area contributed by atoms with E-state index in [1.165, 1.54) is 11.3 Å². The lowest BCUT2D eigenvalue weighted by molar-refractivity contribution is 0.0438. The summed E-state index contributed by atoms with van der Waals surface area (Å²) in [4.78, 5) is 4.92. The van der Waals surface area contributed by atoms with Gasteiger partial charge in [-0.3, -0.25) is 0 Å². The van der Waals surface area contributed by atoms with E-state index in [4.69, 9.17) is 4.74 Å². The Morgan fingerprint density at radius 3 is 3.00 bits per heavy atom. The maximum absolute atomic E-state index is 9.51. The molecular weight excluding hydrogens is 174 g/mol. The highest BCUT2D eigenvalue weighted by Gasteiger charge is 2.09. The summed E-state index contributed by atoms with van der Waals surface area (Å²) in [6.07, 6.45) is 1.18. The minimum absolute atomic E-state index is 0.359. The van der Waals surface area contributed by atoms with Gasteiger partial charge in [-0.2, -0.15) is 0 Å². The first-order valence-electron chi connectivity index (χ1n) is 3.92. The first-order valence-corrected chi connectivity index (χ1v) is 4.73. The van der Waals surface area contributed by atoms with E-state index in [1.54, 1.807) is 6.20 Å². The number of ether oxygens (including phenoxy) is 1. The molecule has 1 aromatic rings. The molecule has 0 saturated heterocycles. The van der Waals surface area contributed by atoms with E-state index in [1.807, 2.05) is 13.8 Å². The summed E-state index contributed by atoms with van der Waals surface area (Å²) < 4.78 is 5.09. The fraction of sp³-hybridized carbons (Fsp3) is 0.625. The van der Waals surface area contributed by atoms with Gasteiger partial charge in [-0.15, -0.1) is 11.3 Å². The number of aromatic nitrogens is 1. The Balaban J connectivity index is 2.47. The number of rotatable bonds is 4. The normalized spacial score (nSPS) is 13.2. The summed E-state index contributed by atoms with van der Waals surface area (Å²) in [5.41, 5.74) is 0. The predicted octanol–water partition coefficient (Wildman–Crippen LogP) is 1.52. The molecule has 0 aliphatic heterocycles. The van der Waals surface area contributed by atoms with Crippen LogP contribution in [-0.2, 0) is 4.74 Å². The lowest BCUT2D eigenvalue weighted by Crippen LogP contribution is -2.05. The molecule has 0 aromatic carbocycles. The zero-order valence-corrected chi connectivity index (χ0v) is 8.10. The maximum atomic E-state index is 9.51. The summed E-state index contributed by atoms with van der Waals surface area (Å²) in [5, 5.41) is 10.5. The second kappa shape index (κ2) is 4.54. The molecule has 0 spiro atoms. The summed E-state index contributed by atoms with van der Waals surface area (Å²) in [5.74, 6) is 0. The van der Waals surface area contributed by atoms with Crippen LogP contribution < -0.4 is 0 Å². The van der Waals surface area contributed by atoms with Gasteiger partial charge in [0.1, 0.15) is 6.10 Å². The average molecular weight is 187 g/mol. The van der Waals surface area contributed by atoms with Gasteiger partial charge in [0.15, 0.2) is 0 Å². The van der Waals surface area contributed by atoms with E-state index in [0.717, 1.165) is 9.88 Å². The van der Waals surface area contributed by atoms with Crippen LogP contribution in [-0.4, -0.2) is 23.3 Å². The number of nitrogens with zero attached hydrogens (tertiary/aromatic N) is 1. The zero-order valence-electron chi connectivity index (χ0n) is 7.28. The molecule has 0 bridgehead atoms. The van der Waals surface area contributed by atoms with Gasteiger partial charge < -0.3 is 9.84 Å². The second-order valence-corrected chi connectivity index (χ2v) is 3.72. The van der Waals surface area contributed by atoms with Gasteiger partial charge in [-0.1, -0.05) is 0 Å². The first-order chi connectivity index (χ1) is 5.74. The van der Waals surface area contributed by atoms with Crippen LogP contribution in [0.25, 0.3) is 0 Å². The third-order valence-electron chi connectivity index (χ3n) is 1.45. The Bertz CT molecular complexity index is 237. The molecule has 0 fully saturated rings. The van der Waals surface area contributed by atoms with Gasteiger partial charge in [0.05, 0.1) is 16.5 Å². The van der Waals surface area contributed by atoms with Crippen LogP contribution in [0.4, 0.5) is 0 Å². The highest BCUT2D eigenvalue weighted by Crippen LogP contribution is 2.20. The number of aliphatic hydroxyl groups excluding tert-OH is 1. The molecule has 1 aromatic heterocycles. The van der Waals surface area contributed by atoms with Crippen molar-refractivity contribution >= 4 is 11.3 Å². The Labute approximate surface area is 76.0 Å². The van der Waals surface area contributed by atoms with Crippen LogP contribution in [0.15, 0.2) is 6.20 Å². The van der Waals surface area contributed by atoms with E-state index >= 15 is 0 Å². The van der Waals surface area contributed by atoms with Crippen molar-refractivity contribution < 1.29 is 9.84 Å². The molecule has 1 heterocycles. The first kappa shape index (κ1) is 9.64. The number of aliphatic hydroxyl groups is 1.